The number of aliphatic hydroxyl groups excluding tert-OH is 1. The number of nitrogens with one attached hydrogen (secondary N) is 3. The molecule has 0 saturated heterocycles. The van der Waals surface area contributed by atoms with Crippen LogP contribution in [0.1, 0.15) is 5.56 Å². The molecular weight excluding hydrogens is 216 g/mol. The first kappa shape index (κ1) is 12.0. The maximum absolute atomic E-state index is 11.1. The number of carbonyl (C=O) groups is 2. The first-order valence-corrected chi connectivity index (χ1v) is 4.50. The quantitative estimate of drug-likeness (QED) is 0.426. The Hall–Kier alpha value is -2.09. The molecule has 0 aliphatic heterocycles. The van der Waals surface area contributed by atoms with E-state index in [1.165, 1.54) is 0 Å². The van der Waals surface area contributed by atoms with Crippen molar-refractivity contribution in [2.75, 3.05) is 6.54 Å². The van der Waals surface area contributed by atoms with Gasteiger partial charge in [-0.2, -0.15) is 5.10 Å². The first-order valence-electron chi connectivity index (χ1n) is 4.50. The molecule has 0 aromatic carbocycles. The van der Waals surface area contributed by atoms with Gasteiger partial charge in [0.05, 0.1) is 12.7 Å². The van der Waals surface area contributed by atoms with Gasteiger partial charge in [-0.15, -0.1) is 0 Å². The number of hydrogen-bond acceptors (Lipinski definition) is 4. The average Bonchev–Trinajstić information content (AvgIpc) is 2.75. The molecule has 0 spiro atoms. The third-order valence-corrected chi connectivity index (χ3v) is 1.75. The SMILES string of the molecule is O=C(NCc1cn[nH]c1)NCC(O)C(=O)O. The van der Waals surface area contributed by atoms with Crippen LogP contribution in [-0.4, -0.2) is 45.1 Å². The van der Waals surface area contributed by atoms with Crippen molar-refractivity contribution in [1.29, 1.82) is 0 Å². The molecule has 0 aliphatic carbocycles. The second kappa shape index (κ2) is 5.71. The highest BCUT2D eigenvalue weighted by Gasteiger charge is 2.13. The van der Waals surface area contributed by atoms with Crippen molar-refractivity contribution in [3.63, 3.8) is 0 Å². The van der Waals surface area contributed by atoms with Crippen molar-refractivity contribution < 1.29 is 19.8 Å². The second-order valence-electron chi connectivity index (χ2n) is 3.02. The summed E-state index contributed by atoms with van der Waals surface area (Å²) < 4.78 is 0. The number of hydrogen-bond donors (Lipinski definition) is 5. The van der Waals surface area contributed by atoms with E-state index in [1.807, 2.05) is 0 Å². The van der Waals surface area contributed by atoms with Gasteiger partial charge in [-0.05, 0) is 0 Å². The van der Waals surface area contributed by atoms with Gasteiger partial charge in [0, 0.05) is 18.3 Å². The lowest BCUT2D eigenvalue weighted by Crippen LogP contribution is -2.41. The molecule has 16 heavy (non-hydrogen) atoms. The highest BCUT2D eigenvalue weighted by molar-refractivity contribution is 5.76. The lowest BCUT2D eigenvalue weighted by atomic mass is 10.3. The lowest BCUT2D eigenvalue weighted by molar-refractivity contribution is -0.146. The highest BCUT2D eigenvalue weighted by Crippen LogP contribution is 1.91. The first-order chi connectivity index (χ1) is 7.59. The van der Waals surface area contributed by atoms with Crippen LogP contribution in [0.2, 0.25) is 0 Å². The van der Waals surface area contributed by atoms with E-state index in [9.17, 15) is 9.59 Å². The van der Waals surface area contributed by atoms with Crippen LogP contribution in [0.3, 0.4) is 0 Å². The number of carbonyl (C=O) groups excluding carboxylic acids is 1. The molecule has 88 valence electrons. The van der Waals surface area contributed by atoms with Crippen molar-refractivity contribution in [1.82, 2.24) is 20.8 Å². The molecule has 2 amide bonds. The largest absolute Gasteiger partial charge is 0.479 e. The standard InChI is InChI=1S/C8H12N4O4/c13-6(7(14)15)4-10-8(16)9-1-5-2-11-12-3-5/h2-3,6,13H,1,4H2,(H,11,12)(H,14,15)(H2,9,10,16). The van der Waals surface area contributed by atoms with Crippen molar-refractivity contribution in [3.8, 4) is 0 Å². The number of amides is 2. The summed E-state index contributed by atoms with van der Waals surface area (Å²) in [5, 5.41) is 28.2. The van der Waals surface area contributed by atoms with E-state index in [4.69, 9.17) is 10.2 Å². The molecule has 1 unspecified atom stereocenters. The Morgan fingerprint density at radius 1 is 1.50 bits per heavy atom. The number of carboxylic acids is 1. The molecule has 5 N–H and O–H groups in total. The summed E-state index contributed by atoms with van der Waals surface area (Å²) in [6, 6.07) is -0.554. The number of aromatic amines is 1. The van der Waals surface area contributed by atoms with E-state index in [-0.39, 0.29) is 13.1 Å². The third kappa shape index (κ3) is 3.96. The minimum absolute atomic E-state index is 0.269. The summed E-state index contributed by atoms with van der Waals surface area (Å²) in [5.74, 6) is -1.38. The van der Waals surface area contributed by atoms with Crippen LogP contribution in [0.15, 0.2) is 12.4 Å². The lowest BCUT2D eigenvalue weighted by Gasteiger charge is -2.08. The van der Waals surface area contributed by atoms with Gasteiger partial charge in [0.15, 0.2) is 6.10 Å². The van der Waals surface area contributed by atoms with Gasteiger partial charge in [-0.25, -0.2) is 9.59 Å². The zero-order valence-corrected chi connectivity index (χ0v) is 8.30. The van der Waals surface area contributed by atoms with Crippen LogP contribution in [0.25, 0.3) is 0 Å². The molecule has 1 rings (SSSR count). The van der Waals surface area contributed by atoms with E-state index < -0.39 is 18.1 Å². The van der Waals surface area contributed by atoms with E-state index in [1.54, 1.807) is 12.4 Å². The summed E-state index contributed by atoms with van der Waals surface area (Å²) >= 11 is 0. The van der Waals surface area contributed by atoms with Crippen LogP contribution < -0.4 is 10.6 Å². The zero-order chi connectivity index (χ0) is 12.0. The molecule has 1 atom stereocenters. The zero-order valence-electron chi connectivity index (χ0n) is 8.30. The molecule has 1 aromatic rings. The van der Waals surface area contributed by atoms with Crippen molar-refractivity contribution >= 4 is 12.0 Å². The predicted molar refractivity (Wildman–Crippen MR) is 52.5 cm³/mol. The fourth-order valence-electron chi connectivity index (χ4n) is 0.896. The normalized spacial score (nSPS) is 11.8. The number of carboxylic acid groups (broad SMARTS) is 1. The second-order valence-corrected chi connectivity index (χ2v) is 3.02. The van der Waals surface area contributed by atoms with Gasteiger partial charge in [0.2, 0.25) is 0 Å². The van der Waals surface area contributed by atoms with Gasteiger partial charge < -0.3 is 20.8 Å². The van der Waals surface area contributed by atoms with E-state index in [2.05, 4.69) is 20.8 Å². The molecule has 1 aromatic heterocycles. The number of nitrogens with zero attached hydrogens (tertiary/aromatic N) is 1. The fourth-order valence-corrected chi connectivity index (χ4v) is 0.896. The summed E-state index contributed by atoms with van der Waals surface area (Å²) in [4.78, 5) is 21.3. The van der Waals surface area contributed by atoms with Gasteiger partial charge in [-0.1, -0.05) is 0 Å². The maximum Gasteiger partial charge on any atom is 0.334 e. The Kier molecular flexibility index (Phi) is 4.28. The van der Waals surface area contributed by atoms with Crippen molar-refractivity contribution in [2.45, 2.75) is 12.6 Å². The molecule has 1 heterocycles. The number of aliphatic carboxylic acids is 1. The minimum Gasteiger partial charge on any atom is -0.479 e. The summed E-state index contributed by atoms with van der Waals surface area (Å²) in [7, 11) is 0. The molecule has 0 radical (unpaired) electrons. The number of H-pyrrole nitrogens is 1. The van der Waals surface area contributed by atoms with Crippen LogP contribution in [0.4, 0.5) is 4.79 Å². The Morgan fingerprint density at radius 3 is 2.81 bits per heavy atom. The summed E-state index contributed by atoms with van der Waals surface area (Å²) in [6.45, 7) is -0.0714. The van der Waals surface area contributed by atoms with Crippen LogP contribution in [0.5, 0.6) is 0 Å². The number of aliphatic hydroxyl groups is 1. The number of aromatic nitrogens is 2. The fraction of sp³-hybridized carbons (Fsp3) is 0.375. The average molecular weight is 228 g/mol. The Balaban J connectivity index is 2.19. The molecule has 8 heteroatoms. The predicted octanol–water partition coefficient (Wildman–Crippen LogP) is -1.35. The summed E-state index contributed by atoms with van der Waals surface area (Å²) in [6.07, 6.45) is 1.57. The number of urea groups is 1. The molecule has 0 fully saturated rings. The van der Waals surface area contributed by atoms with E-state index in [0.717, 1.165) is 5.56 Å². The Bertz CT molecular complexity index is 351. The van der Waals surface area contributed by atoms with Gasteiger partial charge in [0.25, 0.3) is 0 Å². The third-order valence-electron chi connectivity index (χ3n) is 1.75. The topological polar surface area (TPSA) is 127 Å². The molecule has 0 aliphatic rings. The van der Waals surface area contributed by atoms with E-state index >= 15 is 0 Å². The smallest absolute Gasteiger partial charge is 0.334 e. The highest BCUT2D eigenvalue weighted by atomic mass is 16.4. The van der Waals surface area contributed by atoms with Gasteiger partial charge >= 0.3 is 12.0 Å². The van der Waals surface area contributed by atoms with E-state index in [0.29, 0.717) is 0 Å². The molecule has 0 bridgehead atoms. The minimum atomic E-state index is -1.60. The van der Waals surface area contributed by atoms with Gasteiger partial charge in [-0.3, -0.25) is 5.10 Å². The van der Waals surface area contributed by atoms with Gasteiger partial charge in [0.1, 0.15) is 0 Å². The Labute approximate surface area is 90.7 Å². The molecular formula is C8H12N4O4. The maximum atomic E-state index is 11.1. The summed E-state index contributed by atoms with van der Waals surface area (Å²) in [5.41, 5.74) is 0.786. The Morgan fingerprint density at radius 2 is 2.25 bits per heavy atom. The van der Waals surface area contributed by atoms with Crippen molar-refractivity contribution in [3.05, 3.63) is 18.0 Å². The van der Waals surface area contributed by atoms with Crippen LogP contribution in [0, 0.1) is 0 Å². The van der Waals surface area contributed by atoms with Crippen molar-refractivity contribution in [2.24, 2.45) is 0 Å². The monoisotopic (exact) mass is 228 g/mol. The van der Waals surface area contributed by atoms with Crippen LogP contribution >= 0.6 is 0 Å². The number of rotatable bonds is 5. The van der Waals surface area contributed by atoms with Crippen LogP contribution in [-0.2, 0) is 11.3 Å². The molecule has 8 nitrogen and oxygen atoms in total. The molecule has 0 saturated carbocycles.